The van der Waals surface area contributed by atoms with E-state index in [1.165, 1.54) is 12.1 Å². The van der Waals surface area contributed by atoms with Crippen LogP contribution in [0.3, 0.4) is 0 Å². The zero-order chi connectivity index (χ0) is 30.4. The minimum Gasteiger partial charge on any atom is -0.439 e. The highest BCUT2D eigenvalue weighted by Gasteiger charge is 2.47. The molecule has 1 aromatic carbocycles. The Labute approximate surface area is 247 Å². The Bertz CT molecular complexity index is 1660. The molecule has 3 aromatic rings. The number of pyridine rings is 1. The number of benzene rings is 1. The first-order chi connectivity index (χ1) is 20.5. The second kappa shape index (κ2) is 11.1. The van der Waals surface area contributed by atoms with E-state index in [0.29, 0.717) is 55.8 Å². The van der Waals surface area contributed by atoms with Gasteiger partial charge in [0.25, 0.3) is 0 Å². The molecule has 3 fully saturated rings. The molecule has 0 spiro atoms. The number of anilines is 1. The number of nitriles is 1. The van der Waals surface area contributed by atoms with E-state index < -0.39 is 27.1 Å². The quantitative estimate of drug-likeness (QED) is 0.310. The number of carbonyl (C=O) groups excluding carboxylic acids is 1. The fourth-order valence-corrected chi connectivity index (χ4v) is 7.39. The van der Waals surface area contributed by atoms with Gasteiger partial charge >= 0.3 is 6.18 Å². The molecule has 43 heavy (non-hydrogen) atoms. The van der Waals surface area contributed by atoms with E-state index in [1.807, 2.05) is 29.2 Å². The van der Waals surface area contributed by atoms with Crippen molar-refractivity contribution < 1.29 is 30.8 Å². The van der Waals surface area contributed by atoms with E-state index in [1.54, 1.807) is 0 Å². The first-order valence-corrected chi connectivity index (χ1v) is 16.3. The Morgan fingerprint density at radius 2 is 1.74 bits per heavy atom. The molecule has 2 atom stereocenters. The number of hydrogen-bond donors (Lipinski definition) is 0. The van der Waals surface area contributed by atoms with E-state index in [4.69, 9.17) is 4.42 Å². The third kappa shape index (κ3) is 6.18. The number of oxazole rings is 1. The van der Waals surface area contributed by atoms with Crippen LogP contribution >= 0.6 is 0 Å². The third-order valence-corrected chi connectivity index (χ3v) is 10.5. The van der Waals surface area contributed by atoms with Crippen LogP contribution in [0.1, 0.15) is 62.3 Å². The number of ketones is 1. The van der Waals surface area contributed by atoms with E-state index in [2.05, 4.69) is 16.0 Å². The fraction of sp³-hybridized carbons (Fsp3) is 0.484. The lowest BCUT2D eigenvalue weighted by Gasteiger charge is -2.30. The molecule has 12 heteroatoms. The van der Waals surface area contributed by atoms with Crippen molar-refractivity contribution in [3.63, 3.8) is 0 Å². The third-order valence-electron chi connectivity index (χ3n) is 8.88. The highest BCUT2D eigenvalue weighted by atomic mass is 32.2. The number of sulfone groups is 1. The van der Waals surface area contributed by atoms with E-state index in [0.717, 1.165) is 24.6 Å². The van der Waals surface area contributed by atoms with Crippen molar-refractivity contribution in [2.45, 2.75) is 57.0 Å². The van der Waals surface area contributed by atoms with Crippen LogP contribution < -0.4 is 4.90 Å². The Morgan fingerprint density at radius 3 is 2.40 bits per heavy atom. The van der Waals surface area contributed by atoms with E-state index >= 15 is 0 Å². The van der Waals surface area contributed by atoms with Crippen LogP contribution in [-0.4, -0.2) is 48.8 Å². The normalized spacial score (nSPS) is 23.0. The number of carbonyl (C=O) groups is 1. The van der Waals surface area contributed by atoms with E-state index in [9.17, 15) is 31.6 Å². The van der Waals surface area contributed by atoms with Gasteiger partial charge in [0, 0.05) is 42.6 Å². The van der Waals surface area contributed by atoms with Crippen LogP contribution in [-0.2, 0) is 20.8 Å². The van der Waals surface area contributed by atoms with Crippen molar-refractivity contribution in [1.82, 2.24) is 9.97 Å². The van der Waals surface area contributed by atoms with Gasteiger partial charge in [-0.1, -0.05) is 31.0 Å². The fourth-order valence-electron chi connectivity index (χ4n) is 6.19. The number of aromatic nitrogens is 2. The van der Waals surface area contributed by atoms with Gasteiger partial charge in [-0.2, -0.15) is 18.4 Å². The summed E-state index contributed by atoms with van der Waals surface area (Å²) in [4.78, 5) is 24.0. The molecule has 8 nitrogen and oxygen atoms in total. The summed E-state index contributed by atoms with van der Waals surface area (Å²) in [6.07, 6.45) is -0.0341. The molecule has 1 saturated heterocycles. The van der Waals surface area contributed by atoms with Crippen LogP contribution in [0.25, 0.3) is 22.8 Å². The summed E-state index contributed by atoms with van der Waals surface area (Å²) in [5.41, 5.74) is 0.246. The van der Waals surface area contributed by atoms with Gasteiger partial charge in [-0.25, -0.2) is 18.4 Å². The van der Waals surface area contributed by atoms with Gasteiger partial charge in [0.05, 0.1) is 23.0 Å². The van der Waals surface area contributed by atoms with Crippen molar-refractivity contribution in [1.29, 1.82) is 5.26 Å². The minimum atomic E-state index is -4.64. The lowest BCUT2D eigenvalue weighted by molar-refractivity contribution is -0.141. The zero-order valence-corrected chi connectivity index (χ0v) is 24.3. The maximum Gasteiger partial charge on any atom is 0.433 e. The van der Waals surface area contributed by atoms with Gasteiger partial charge < -0.3 is 9.32 Å². The topological polar surface area (TPSA) is 117 Å². The predicted molar refractivity (Wildman–Crippen MR) is 153 cm³/mol. The Hall–Kier alpha value is -3.72. The molecule has 6 rings (SSSR count). The van der Waals surface area contributed by atoms with Gasteiger partial charge in [-0.3, -0.25) is 4.79 Å². The summed E-state index contributed by atoms with van der Waals surface area (Å²) in [6.45, 7) is 0.774. The first-order valence-electron chi connectivity index (χ1n) is 14.5. The SMILES string of the molecule is N#CC1(CC(=O)[C@@H]2CCCC[C@H]2c2oc(-c3cccc(C(F)(F)F)n3)nc2-c2ccc(N3CCS(=O)(=O)CC3)cc2)CC1. The molecule has 0 radical (unpaired) electrons. The van der Waals surface area contributed by atoms with Gasteiger partial charge in [0.15, 0.2) is 9.84 Å². The second-order valence-corrected chi connectivity index (χ2v) is 14.2. The Balaban J connectivity index is 1.37. The lowest BCUT2D eigenvalue weighted by Crippen LogP contribution is -2.40. The van der Waals surface area contributed by atoms with Crippen molar-refractivity contribution in [2.24, 2.45) is 11.3 Å². The average molecular weight is 613 g/mol. The molecule has 1 aliphatic heterocycles. The number of halogens is 3. The molecule has 2 aromatic heterocycles. The molecule has 0 bridgehead atoms. The average Bonchev–Trinajstić information content (AvgIpc) is 3.63. The number of alkyl halides is 3. The molecule has 2 aliphatic carbocycles. The monoisotopic (exact) mass is 612 g/mol. The number of hydrogen-bond acceptors (Lipinski definition) is 8. The smallest absolute Gasteiger partial charge is 0.433 e. The van der Waals surface area contributed by atoms with Gasteiger partial charge in [-0.15, -0.1) is 0 Å². The second-order valence-electron chi connectivity index (χ2n) is 11.9. The number of nitrogens with zero attached hydrogens (tertiary/aromatic N) is 4. The molecule has 2 saturated carbocycles. The Kier molecular flexibility index (Phi) is 7.57. The number of rotatable bonds is 7. The van der Waals surface area contributed by atoms with Gasteiger partial charge in [0.1, 0.15) is 28.6 Å². The minimum absolute atomic E-state index is 0.0141. The van der Waals surface area contributed by atoms with Crippen molar-refractivity contribution in [3.05, 3.63) is 53.9 Å². The molecular formula is C31H31F3N4O4S. The molecule has 226 valence electrons. The van der Waals surface area contributed by atoms with Gasteiger partial charge in [-0.05, 0) is 49.9 Å². The van der Waals surface area contributed by atoms with Crippen LogP contribution in [0.4, 0.5) is 18.9 Å². The maximum absolute atomic E-state index is 13.5. The van der Waals surface area contributed by atoms with Crippen molar-refractivity contribution >= 4 is 21.3 Å². The molecule has 0 N–H and O–H groups in total. The summed E-state index contributed by atoms with van der Waals surface area (Å²) in [7, 11) is -3.04. The molecule has 0 amide bonds. The summed E-state index contributed by atoms with van der Waals surface area (Å²) in [6, 6.07) is 13.2. The molecule has 3 aliphatic rings. The van der Waals surface area contributed by atoms with Crippen LogP contribution in [0.2, 0.25) is 0 Å². The summed E-state index contributed by atoms with van der Waals surface area (Å²) in [5.74, 6) is -0.174. The maximum atomic E-state index is 13.5. The molecule has 3 heterocycles. The largest absolute Gasteiger partial charge is 0.439 e. The highest BCUT2D eigenvalue weighted by molar-refractivity contribution is 7.91. The van der Waals surface area contributed by atoms with E-state index in [-0.39, 0.29) is 47.1 Å². The molecular weight excluding hydrogens is 581 g/mol. The number of Topliss-reactive ketones (excluding diaryl/α,β-unsaturated/α-hetero) is 1. The predicted octanol–water partition coefficient (Wildman–Crippen LogP) is 6.19. The summed E-state index contributed by atoms with van der Waals surface area (Å²) >= 11 is 0. The van der Waals surface area contributed by atoms with Crippen molar-refractivity contribution in [2.75, 3.05) is 29.5 Å². The first kappa shape index (κ1) is 29.4. The zero-order valence-electron chi connectivity index (χ0n) is 23.4. The lowest BCUT2D eigenvalue weighted by atomic mass is 9.73. The summed E-state index contributed by atoms with van der Waals surface area (Å²) in [5, 5.41) is 9.58. The molecule has 0 unspecified atom stereocenters. The summed E-state index contributed by atoms with van der Waals surface area (Å²) < 4.78 is 70.4. The standard InChI is InChI=1S/C31H31F3N4O4S/c32-31(33,34)26-7-3-6-24(36-26)29-37-27(20-8-10-21(11-9-20)38-14-16-43(40,41)17-15-38)28(42-29)23-5-2-1-4-22(23)25(39)18-30(19-35)12-13-30/h3,6-11,22-23H,1-2,4-5,12-18H2/t22-,23-/m1/s1. The van der Waals surface area contributed by atoms with Crippen molar-refractivity contribution in [3.8, 4) is 28.9 Å². The van der Waals surface area contributed by atoms with Crippen LogP contribution in [0, 0.1) is 22.7 Å². The van der Waals surface area contributed by atoms with Crippen LogP contribution in [0.15, 0.2) is 46.9 Å². The highest BCUT2D eigenvalue weighted by Crippen LogP contribution is 2.51. The van der Waals surface area contributed by atoms with Crippen LogP contribution in [0.5, 0.6) is 0 Å². The van der Waals surface area contributed by atoms with Gasteiger partial charge in [0.2, 0.25) is 5.89 Å². The Morgan fingerprint density at radius 1 is 1.05 bits per heavy atom.